The first-order valence-electron chi connectivity index (χ1n) is 6.71. The quantitative estimate of drug-likeness (QED) is 0.746. The van der Waals surface area contributed by atoms with Crippen LogP contribution in [0.2, 0.25) is 0 Å². The average molecular weight is 224 g/mol. The van der Waals surface area contributed by atoms with Gasteiger partial charge >= 0.3 is 0 Å². The second kappa shape index (κ2) is 5.17. The topological polar surface area (TPSA) is 41.1 Å². The maximum absolute atomic E-state index is 11.7. The van der Waals surface area contributed by atoms with E-state index in [-0.39, 0.29) is 5.91 Å². The lowest BCUT2D eigenvalue weighted by Gasteiger charge is -2.29. The normalized spacial score (nSPS) is 24.1. The molecule has 2 aliphatic rings. The van der Waals surface area contributed by atoms with Crippen molar-refractivity contribution < 1.29 is 4.79 Å². The molecule has 1 aliphatic carbocycles. The molecule has 1 amide bonds. The van der Waals surface area contributed by atoms with Gasteiger partial charge in [-0.1, -0.05) is 19.8 Å². The first-order valence-corrected chi connectivity index (χ1v) is 6.71. The number of hydrogen-bond donors (Lipinski definition) is 2. The van der Waals surface area contributed by atoms with Crippen molar-refractivity contribution >= 4 is 5.91 Å². The highest BCUT2D eigenvalue weighted by molar-refractivity contribution is 5.76. The predicted molar refractivity (Wildman–Crippen MR) is 65.2 cm³/mol. The predicted octanol–water partition coefficient (Wildman–Crippen LogP) is 1.68. The van der Waals surface area contributed by atoms with Crippen LogP contribution in [0.4, 0.5) is 0 Å². The Hall–Kier alpha value is -0.570. The van der Waals surface area contributed by atoms with E-state index in [0.29, 0.717) is 17.8 Å². The molecule has 0 aromatic carbocycles. The van der Waals surface area contributed by atoms with E-state index in [4.69, 9.17) is 0 Å². The molecule has 1 saturated heterocycles. The van der Waals surface area contributed by atoms with Crippen LogP contribution in [0.25, 0.3) is 0 Å². The summed E-state index contributed by atoms with van der Waals surface area (Å²) in [6.07, 6.45) is 7.21. The Morgan fingerprint density at radius 1 is 1.38 bits per heavy atom. The molecule has 1 aliphatic heterocycles. The zero-order chi connectivity index (χ0) is 11.4. The van der Waals surface area contributed by atoms with E-state index >= 15 is 0 Å². The van der Waals surface area contributed by atoms with Gasteiger partial charge in [-0.3, -0.25) is 4.79 Å². The summed E-state index contributed by atoms with van der Waals surface area (Å²) in [5, 5.41) is 6.35. The van der Waals surface area contributed by atoms with Crippen molar-refractivity contribution in [2.24, 2.45) is 11.3 Å². The molecule has 0 unspecified atom stereocenters. The van der Waals surface area contributed by atoms with E-state index in [1.807, 2.05) is 0 Å². The summed E-state index contributed by atoms with van der Waals surface area (Å²) < 4.78 is 0. The monoisotopic (exact) mass is 224 g/mol. The Bertz CT molecular complexity index is 242. The molecule has 1 heterocycles. The molecular weight excluding hydrogens is 200 g/mol. The van der Waals surface area contributed by atoms with Gasteiger partial charge in [-0.2, -0.15) is 0 Å². The van der Waals surface area contributed by atoms with E-state index in [1.165, 1.54) is 32.1 Å². The Morgan fingerprint density at radius 3 is 2.56 bits per heavy atom. The lowest BCUT2D eigenvalue weighted by Crippen LogP contribution is -2.45. The van der Waals surface area contributed by atoms with Crippen molar-refractivity contribution in [1.29, 1.82) is 0 Å². The van der Waals surface area contributed by atoms with E-state index in [1.54, 1.807) is 0 Å². The molecule has 2 rings (SSSR count). The second-order valence-electron chi connectivity index (χ2n) is 5.57. The first-order chi connectivity index (χ1) is 7.74. The average Bonchev–Trinajstić information content (AvgIpc) is 2.70. The third kappa shape index (κ3) is 2.76. The molecule has 3 heteroatoms. The van der Waals surface area contributed by atoms with Crippen LogP contribution < -0.4 is 10.6 Å². The van der Waals surface area contributed by atoms with Gasteiger partial charge < -0.3 is 10.6 Å². The molecule has 0 aromatic rings. The van der Waals surface area contributed by atoms with Crippen LogP contribution >= 0.6 is 0 Å². The molecule has 3 nitrogen and oxygen atoms in total. The van der Waals surface area contributed by atoms with Gasteiger partial charge in [-0.05, 0) is 43.7 Å². The fraction of sp³-hybridized carbons (Fsp3) is 0.923. The lowest BCUT2D eigenvalue weighted by molar-refractivity contribution is -0.122. The van der Waals surface area contributed by atoms with Crippen molar-refractivity contribution in [3.05, 3.63) is 0 Å². The van der Waals surface area contributed by atoms with Crippen molar-refractivity contribution in [3.63, 3.8) is 0 Å². The summed E-state index contributed by atoms with van der Waals surface area (Å²) >= 11 is 0. The minimum atomic E-state index is 0.256. The summed E-state index contributed by atoms with van der Waals surface area (Å²) in [5.74, 6) is 0.840. The molecule has 2 N–H and O–H groups in total. The Morgan fingerprint density at radius 2 is 2.06 bits per heavy atom. The molecule has 0 bridgehead atoms. The SMILES string of the molecule is CCC1(CNC(=O)CC2CNC2)CCCC1. The molecule has 2 fully saturated rings. The van der Waals surface area contributed by atoms with Crippen LogP contribution in [-0.2, 0) is 4.79 Å². The van der Waals surface area contributed by atoms with Crippen molar-refractivity contribution in [1.82, 2.24) is 10.6 Å². The van der Waals surface area contributed by atoms with Crippen LogP contribution in [0.15, 0.2) is 0 Å². The number of hydrogen-bond acceptors (Lipinski definition) is 2. The minimum Gasteiger partial charge on any atom is -0.356 e. The van der Waals surface area contributed by atoms with Gasteiger partial charge in [-0.25, -0.2) is 0 Å². The molecule has 0 spiro atoms. The van der Waals surface area contributed by atoms with E-state index in [0.717, 1.165) is 19.6 Å². The smallest absolute Gasteiger partial charge is 0.220 e. The Balaban J connectivity index is 1.70. The summed E-state index contributed by atoms with van der Waals surface area (Å²) in [6.45, 7) is 5.20. The molecule has 92 valence electrons. The van der Waals surface area contributed by atoms with Gasteiger partial charge in [0.15, 0.2) is 0 Å². The molecule has 0 atom stereocenters. The summed E-state index contributed by atoms with van der Waals surface area (Å²) in [6, 6.07) is 0. The van der Waals surface area contributed by atoms with Crippen molar-refractivity contribution in [3.8, 4) is 0 Å². The van der Waals surface area contributed by atoms with Crippen LogP contribution in [0.3, 0.4) is 0 Å². The third-order valence-electron chi connectivity index (χ3n) is 4.41. The number of carbonyl (C=O) groups excluding carboxylic acids is 1. The molecule has 0 aromatic heterocycles. The third-order valence-corrected chi connectivity index (χ3v) is 4.41. The Labute approximate surface area is 98.4 Å². The number of rotatable bonds is 5. The van der Waals surface area contributed by atoms with Crippen LogP contribution in [0, 0.1) is 11.3 Å². The van der Waals surface area contributed by atoms with Crippen LogP contribution in [0.5, 0.6) is 0 Å². The zero-order valence-corrected chi connectivity index (χ0v) is 10.3. The second-order valence-corrected chi connectivity index (χ2v) is 5.57. The fourth-order valence-electron chi connectivity index (χ4n) is 2.89. The summed E-state index contributed by atoms with van der Waals surface area (Å²) in [7, 11) is 0. The highest BCUT2D eigenvalue weighted by Gasteiger charge is 2.32. The number of nitrogens with one attached hydrogen (secondary N) is 2. The largest absolute Gasteiger partial charge is 0.356 e. The zero-order valence-electron chi connectivity index (χ0n) is 10.3. The molecular formula is C13H24N2O. The minimum absolute atomic E-state index is 0.256. The van der Waals surface area contributed by atoms with Crippen LogP contribution in [0.1, 0.15) is 45.4 Å². The van der Waals surface area contributed by atoms with Crippen molar-refractivity contribution in [2.45, 2.75) is 45.4 Å². The van der Waals surface area contributed by atoms with Gasteiger partial charge in [-0.15, -0.1) is 0 Å². The summed E-state index contributed by atoms with van der Waals surface area (Å²) in [5.41, 5.74) is 0.424. The van der Waals surface area contributed by atoms with Gasteiger partial charge in [0, 0.05) is 13.0 Å². The standard InChI is InChI=1S/C13H24N2O/c1-2-13(5-3-4-6-13)10-15-12(16)7-11-8-14-9-11/h11,14H,2-10H2,1H3,(H,15,16). The highest BCUT2D eigenvalue weighted by Crippen LogP contribution is 2.40. The number of carbonyl (C=O) groups is 1. The van der Waals surface area contributed by atoms with Crippen LogP contribution in [-0.4, -0.2) is 25.5 Å². The van der Waals surface area contributed by atoms with Gasteiger partial charge in [0.25, 0.3) is 0 Å². The van der Waals surface area contributed by atoms with Gasteiger partial charge in [0.2, 0.25) is 5.91 Å². The molecule has 0 radical (unpaired) electrons. The van der Waals surface area contributed by atoms with Gasteiger partial charge in [0.05, 0.1) is 0 Å². The number of amides is 1. The lowest BCUT2D eigenvalue weighted by atomic mass is 9.83. The fourth-order valence-corrected chi connectivity index (χ4v) is 2.89. The maximum atomic E-state index is 11.7. The van der Waals surface area contributed by atoms with Gasteiger partial charge in [0.1, 0.15) is 0 Å². The maximum Gasteiger partial charge on any atom is 0.220 e. The van der Waals surface area contributed by atoms with Crippen molar-refractivity contribution in [2.75, 3.05) is 19.6 Å². The molecule has 1 saturated carbocycles. The Kier molecular flexibility index (Phi) is 3.85. The van der Waals surface area contributed by atoms with E-state index < -0.39 is 0 Å². The summed E-state index contributed by atoms with van der Waals surface area (Å²) in [4.78, 5) is 11.7. The highest BCUT2D eigenvalue weighted by atomic mass is 16.1. The first kappa shape index (κ1) is 11.9. The van der Waals surface area contributed by atoms with E-state index in [9.17, 15) is 4.79 Å². The molecule has 16 heavy (non-hydrogen) atoms. The van der Waals surface area contributed by atoms with E-state index in [2.05, 4.69) is 17.6 Å².